The molecule has 0 radical (unpaired) electrons. The lowest BCUT2D eigenvalue weighted by Gasteiger charge is -2.31. The number of amides is 2. The molecule has 0 aliphatic heterocycles. The minimum atomic E-state index is -0.188. The summed E-state index contributed by atoms with van der Waals surface area (Å²) in [4.78, 5) is 25.0. The Morgan fingerprint density at radius 3 is 2.17 bits per heavy atom. The molecule has 1 saturated carbocycles. The van der Waals surface area contributed by atoms with E-state index in [9.17, 15) is 9.59 Å². The van der Waals surface area contributed by atoms with Crippen LogP contribution < -0.4 is 10.6 Å². The number of carbonyl (C=O) groups is 2. The monoisotopic (exact) mass is 322 g/mol. The fourth-order valence-electron chi connectivity index (χ4n) is 3.22. The number of hydrogen-bond acceptors (Lipinski definition) is 2. The largest absolute Gasteiger partial charge is 0.349 e. The average Bonchev–Trinajstić information content (AvgIpc) is 2.63. The highest BCUT2D eigenvalue weighted by Crippen LogP contribution is 2.26. The smallest absolute Gasteiger partial charge is 0.251 e. The summed E-state index contributed by atoms with van der Waals surface area (Å²) in [6.45, 7) is 0. The second-order valence-corrected chi connectivity index (χ2v) is 6.19. The highest BCUT2D eigenvalue weighted by atomic mass is 16.2. The van der Waals surface area contributed by atoms with Crippen molar-refractivity contribution in [2.75, 3.05) is 5.32 Å². The number of benzene rings is 2. The van der Waals surface area contributed by atoms with E-state index in [1.807, 2.05) is 48.5 Å². The molecule has 1 aliphatic rings. The predicted molar refractivity (Wildman–Crippen MR) is 94.7 cm³/mol. The molecule has 4 nitrogen and oxygen atoms in total. The van der Waals surface area contributed by atoms with E-state index in [1.54, 1.807) is 12.1 Å². The van der Waals surface area contributed by atoms with Crippen LogP contribution in [0.2, 0.25) is 0 Å². The summed E-state index contributed by atoms with van der Waals surface area (Å²) in [5.74, 6) is -0.314. The summed E-state index contributed by atoms with van der Waals surface area (Å²) < 4.78 is 0. The van der Waals surface area contributed by atoms with Gasteiger partial charge in [-0.2, -0.15) is 0 Å². The van der Waals surface area contributed by atoms with E-state index >= 15 is 0 Å². The van der Waals surface area contributed by atoms with E-state index in [0.717, 1.165) is 31.4 Å². The molecule has 2 N–H and O–H groups in total. The van der Waals surface area contributed by atoms with Crippen LogP contribution in [0.4, 0.5) is 5.69 Å². The van der Waals surface area contributed by atoms with Crippen LogP contribution in [0.15, 0.2) is 60.7 Å². The number of hydrogen-bond donors (Lipinski definition) is 2. The fraction of sp³-hybridized carbons (Fsp3) is 0.300. The molecule has 4 heteroatoms. The molecule has 2 aromatic rings. The van der Waals surface area contributed by atoms with Gasteiger partial charge in [0.05, 0.1) is 5.92 Å². The van der Waals surface area contributed by atoms with Crippen molar-refractivity contribution in [3.05, 3.63) is 66.2 Å². The maximum atomic E-state index is 12.6. The Labute approximate surface area is 142 Å². The summed E-state index contributed by atoms with van der Waals surface area (Å²) in [5, 5.41) is 6.02. The van der Waals surface area contributed by atoms with Crippen molar-refractivity contribution in [1.82, 2.24) is 5.32 Å². The molecule has 2 amide bonds. The van der Waals surface area contributed by atoms with Gasteiger partial charge in [0.2, 0.25) is 5.91 Å². The van der Waals surface area contributed by atoms with Crippen molar-refractivity contribution in [3.8, 4) is 0 Å². The van der Waals surface area contributed by atoms with Crippen LogP contribution in [0.1, 0.15) is 36.0 Å². The predicted octanol–water partition coefficient (Wildman–Crippen LogP) is 3.61. The van der Waals surface area contributed by atoms with Crippen molar-refractivity contribution in [2.24, 2.45) is 5.92 Å². The third kappa shape index (κ3) is 4.02. The molecule has 0 spiro atoms. The molecule has 0 bridgehead atoms. The number of anilines is 1. The zero-order valence-electron chi connectivity index (χ0n) is 13.6. The molecule has 2 unspecified atom stereocenters. The van der Waals surface area contributed by atoms with E-state index in [4.69, 9.17) is 0 Å². The molecule has 3 rings (SSSR count). The van der Waals surface area contributed by atoms with Crippen molar-refractivity contribution >= 4 is 17.5 Å². The number of nitrogens with one attached hydrogen (secondary N) is 2. The average molecular weight is 322 g/mol. The van der Waals surface area contributed by atoms with Gasteiger partial charge in [-0.15, -0.1) is 0 Å². The second-order valence-electron chi connectivity index (χ2n) is 6.19. The minimum absolute atomic E-state index is 0.0146. The molecular weight excluding hydrogens is 300 g/mol. The lowest BCUT2D eigenvalue weighted by atomic mass is 9.83. The van der Waals surface area contributed by atoms with Crippen LogP contribution in [-0.4, -0.2) is 17.9 Å². The van der Waals surface area contributed by atoms with Gasteiger partial charge in [-0.05, 0) is 37.1 Å². The zero-order valence-corrected chi connectivity index (χ0v) is 13.6. The Morgan fingerprint density at radius 2 is 1.46 bits per heavy atom. The van der Waals surface area contributed by atoms with E-state index in [2.05, 4.69) is 10.6 Å². The highest BCUT2D eigenvalue weighted by Gasteiger charge is 2.32. The molecule has 2 atom stereocenters. The Bertz CT molecular complexity index is 685. The standard InChI is InChI=1S/C20H22N2O2/c23-19(15-9-3-1-4-10-15)22-18-14-8-7-13-17(18)20(24)21-16-11-5-2-6-12-16/h1-6,9-12,17-18H,7-8,13-14H2,(H,21,24)(H,22,23). The Morgan fingerprint density at radius 1 is 0.833 bits per heavy atom. The van der Waals surface area contributed by atoms with Gasteiger partial charge in [-0.3, -0.25) is 9.59 Å². The van der Waals surface area contributed by atoms with Gasteiger partial charge in [0.25, 0.3) is 5.91 Å². The van der Waals surface area contributed by atoms with Crippen LogP contribution in [0.5, 0.6) is 0 Å². The highest BCUT2D eigenvalue weighted by molar-refractivity contribution is 5.96. The van der Waals surface area contributed by atoms with Crippen molar-refractivity contribution < 1.29 is 9.59 Å². The molecule has 2 aromatic carbocycles. The Hall–Kier alpha value is -2.62. The third-order valence-electron chi connectivity index (χ3n) is 4.50. The van der Waals surface area contributed by atoms with Crippen LogP contribution >= 0.6 is 0 Å². The van der Waals surface area contributed by atoms with Gasteiger partial charge in [0.15, 0.2) is 0 Å². The minimum Gasteiger partial charge on any atom is -0.349 e. The maximum absolute atomic E-state index is 12.6. The normalized spacial score (nSPS) is 20.2. The van der Waals surface area contributed by atoms with Crippen LogP contribution in [0, 0.1) is 5.92 Å². The Balaban J connectivity index is 1.67. The summed E-state index contributed by atoms with van der Waals surface area (Å²) in [6.07, 6.45) is 3.70. The van der Waals surface area contributed by atoms with Gasteiger partial charge < -0.3 is 10.6 Å². The SMILES string of the molecule is O=C(NC1CCCCC1C(=O)Nc1ccccc1)c1ccccc1. The fourth-order valence-corrected chi connectivity index (χ4v) is 3.22. The van der Waals surface area contributed by atoms with Gasteiger partial charge in [-0.1, -0.05) is 49.2 Å². The molecule has 0 heterocycles. The van der Waals surface area contributed by atoms with E-state index in [0.29, 0.717) is 5.56 Å². The summed E-state index contributed by atoms with van der Waals surface area (Å²) in [5.41, 5.74) is 1.42. The van der Waals surface area contributed by atoms with Gasteiger partial charge in [0.1, 0.15) is 0 Å². The van der Waals surface area contributed by atoms with Crippen LogP contribution in [0.25, 0.3) is 0 Å². The number of carbonyl (C=O) groups excluding carboxylic acids is 2. The lowest BCUT2D eigenvalue weighted by molar-refractivity contribution is -0.121. The first kappa shape index (κ1) is 16.2. The molecule has 24 heavy (non-hydrogen) atoms. The lowest BCUT2D eigenvalue weighted by Crippen LogP contribution is -2.46. The third-order valence-corrected chi connectivity index (χ3v) is 4.50. The first-order chi connectivity index (χ1) is 11.7. The molecular formula is C20H22N2O2. The first-order valence-corrected chi connectivity index (χ1v) is 8.46. The first-order valence-electron chi connectivity index (χ1n) is 8.46. The summed E-state index contributed by atoms with van der Waals surface area (Å²) in [6, 6.07) is 18.5. The van der Waals surface area contributed by atoms with E-state index in [-0.39, 0.29) is 23.8 Å². The Kier molecular flexibility index (Phi) is 5.26. The summed E-state index contributed by atoms with van der Waals surface area (Å²) >= 11 is 0. The van der Waals surface area contributed by atoms with Gasteiger partial charge >= 0.3 is 0 Å². The van der Waals surface area contributed by atoms with E-state index in [1.165, 1.54) is 0 Å². The van der Waals surface area contributed by atoms with Crippen molar-refractivity contribution in [3.63, 3.8) is 0 Å². The molecule has 1 fully saturated rings. The van der Waals surface area contributed by atoms with Crippen molar-refractivity contribution in [1.29, 1.82) is 0 Å². The topological polar surface area (TPSA) is 58.2 Å². The number of para-hydroxylation sites is 1. The van der Waals surface area contributed by atoms with Crippen LogP contribution in [-0.2, 0) is 4.79 Å². The molecule has 1 aliphatic carbocycles. The molecule has 0 aromatic heterocycles. The van der Waals surface area contributed by atoms with Gasteiger partial charge in [-0.25, -0.2) is 0 Å². The van der Waals surface area contributed by atoms with Gasteiger partial charge in [0, 0.05) is 17.3 Å². The van der Waals surface area contributed by atoms with E-state index < -0.39 is 0 Å². The van der Waals surface area contributed by atoms with Crippen LogP contribution in [0.3, 0.4) is 0 Å². The summed E-state index contributed by atoms with van der Waals surface area (Å²) in [7, 11) is 0. The van der Waals surface area contributed by atoms with Crippen molar-refractivity contribution in [2.45, 2.75) is 31.7 Å². The second kappa shape index (κ2) is 7.77. The molecule has 0 saturated heterocycles. The molecule has 124 valence electrons. The quantitative estimate of drug-likeness (QED) is 0.903. The number of rotatable bonds is 4. The maximum Gasteiger partial charge on any atom is 0.251 e. The zero-order chi connectivity index (χ0) is 16.8.